The minimum atomic E-state index is -0.956. The molecule has 3 nitrogen and oxygen atoms in total. The first kappa shape index (κ1) is 15.0. The first-order valence-corrected chi connectivity index (χ1v) is 6.65. The fourth-order valence-corrected chi connectivity index (χ4v) is 2.17. The van der Waals surface area contributed by atoms with Crippen LogP contribution in [0.5, 0.6) is 5.75 Å². The van der Waals surface area contributed by atoms with E-state index in [1.165, 1.54) is 18.2 Å². The molecule has 0 atom stereocenters. The average Bonchev–Trinajstić information content (AvgIpc) is 2.41. The number of benzene rings is 2. The van der Waals surface area contributed by atoms with Crippen LogP contribution in [-0.4, -0.2) is 11.1 Å². The molecule has 0 aliphatic heterocycles. The van der Waals surface area contributed by atoms with E-state index in [1.807, 2.05) is 32.0 Å². The lowest BCUT2D eigenvalue weighted by atomic mass is 10.0. The lowest BCUT2D eigenvalue weighted by molar-refractivity contribution is -0.136. The van der Waals surface area contributed by atoms with E-state index < -0.39 is 11.8 Å². The van der Waals surface area contributed by atoms with E-state index in [1.54, 1.807) is 0 Å². The molecule has 0 saturated heterocycles. The minimum absolute atomic E-state index is 0.0800. The summed E-state index contributed by atoms with van der Waals surface area (Å²) in [6, 6.07) is 10.0. The van der Waals surface area contributed by atoms with Crippen molar-refractivity contribution in [1.29, 1.82) is 0 Å². The number of carbonyl (C=O) groups is 1. The Morgan fingerprint density at radius 2 is 1.86 bits per heavy atom. The van der Waals surface area contributed by atoms with Crippen LogP contribution in [0.2, 0.25) is 0 Å². The monoisotopic (exact) mass is 288 g/mol. The summed E-state index contributed by atoms with van der Waals surface area (Å²) in [7, 11) is 0. The maximum atomic E-state index is 13.7. The van der Waals surface area contributed by atoms with Crippen LogP contribution in [0, 0.1) is 19.7 Å². The molecule has 2 aromatic carbocycles. The van der Waals surface area contributed by atoms with Crippen LogP contribution in [-0.2, 0) is 17.8 Å². The van der Waals surface area contributed by atoms with Gasteiger partial charge >= 0.3 is 5.97 Å². The summed E-state index contributed by atoms with van der Waals surface area (Å²) in [6.45, 7) is 4.21. The van der Waals surface area contributed by atoms with Crippen LogP contribution in [0.15, 0.2) is 36.4 Å². The molecule has 0 saturated carbocycles. The molecule has 0 heterocycles. The van der Waals surface area contributed by atoms with Crippen molar-refractivity contribution in [2.75, 3.05) is 0 Å². The first-order chi connectivity index (χ1) is 9.97. The van der Waals surface area contributed by atoms with Gasteiger partial charge in [-0.25, -0.2) is 4.39 Å². The maximum Gasteiger partial charge on any atom is 0.307 e. The van der Waals surface area contributed by atoms with Gasteiger partial charge in [0.1, 0.15) is 6.61 Å². The number of halogens is 1. The molecule has 0 radical (unpaired) electrons. The molecule has 1 N–H and O–H groups in total. The molecule has 21 heavy (non-hydrogen) atoms. The summed E-state index contributed by atoms with van der Waals surface area (Å²) in [5, 5.41) is 8.77. The highest BCUT2D eigenvalue weighted by atomic mass is 19.1. The Morgan fingerprint density at radius 3 is 2.48 bits per heavy atom. The second kappa shape index (κ2) is 6.39. The molecule has 4 heteroatoms. The lowest BCUT2D eigenvalue weighted by Gasteiger charge is -2.12. The predicted molar refractivity (Wildman–Crippen MR) is 78.0 cm³/mol. The van der Waals surface area contributed by atoms with Gasteiger partial charge in [-0.05, 0) is 48.2 Å². The van der Waals surface area contributed by atoms with Crippen LogP contribution >= 0.6 is 0 Å². The van der Waals surface area contributed by atoms with Crippen molar-refractivity contribution in [3.63, 3.8) is 0 Å². The van der Waals surface area contributed by atoms with Gasteiger partial charge in [0.05, 0.1) is 6.42 Å². The van der Waals surface area contributed by atoms with Gasteiger partial charge in [-0.15, -0.1) is 0 Å². The second-order valence-electron chi connectivity index (χ2n) is 4.99. The summed E-state index contributed by atoms with van der Waals surface area (Å²) in [5.74, 6) is -1.37. The number of hydrogen-bond acceptors (Lipinski definition) is 2. The van der Waals surface area contributed by atoms with E-state index in [9.17, 15) is 9.18 Å². The smallest absolute Gasteiger partial charge is 0.307 e. The number of aliphatic carboxylic acids is 1. The highest BCUT2D eigenvalue weighted by Gasteiger charge is 2.09. The molecule has 0 aliphatic carbocycles. The number of hydrogen-bond donors (Lipinski definition) is 1. The number of aryl methyl sites for hydroxylation is 2. The SMILES string of the molecule is Cc1cccc(C)c1COc1cc(CC(=O)O)ccc1F. The quantitative estimate of drug-likeness (QED) is 0.913. The lowest BCUT2D eigenvalue weighted by Crippen LogP contribution is -2.04. The summed E-state index contributed by atoms with van der Waals surface area (Å²) in [6.07, 6.45) is -0.153. The number of ether oxygens (including phenoxy) is 1. The van der Waals surface area contributed by atoms with Crippen molar-refractivity contribution in [3.8, 4) is 5.75 Å². The van der Waals surface area contributed by atoms with Crippen molar-refractivity contribution in [2.24, 2.45) is 0 Å². The highest BCUT2D eigenvalue weighted by Crippen LogP contribution is 2.22. The maximum absolute atomic E-state index is 13.7. The van der Waals surface area contributed by atoms with Gasteiger partial charge in [0.25, 0.3) is 0 Å². The fourth-order valence-electron chi connectivity index (χ4n) is 2.17. The third kappa shape index (κ3) is 3.81. The van der Waals surface area contributed by atoms with Gasteiger partial charge in [-0.1, -0.05) is 24.3 Å². The molecular weight excluding hydrogens is 271 g/mol. The summed E-state index contributed by atoms with van der Waals surface area (Å²) in [4.78, 5) is 10.7. The van der Waals surface area contributed by atoms with Crippen LogP contribution in [0.4, 0.5) is 4.39 Å². The van der Waals surface area contributed by atoms with Crippen molar-refractivity contribution in [2.45, 2.75) is 26.9 Å². The third-order valence-electron chi connectivity index (χ3n) is 3.37. The van der Waals surface area contributed by atoms with Gasteiger partial charge in [0.15, 0.2) is 11.6 Å². The Kier molecular flexibility index (Phi) is 4.58. The topological polar surface area (TPSA) is 46.5 Å². The van der Waals surface area contributed by atoms with Gasteiger partial charge < -0.3 is 9.84 Å². The van der Waals surface area contributed by atoms with E-state index in [2.05, 4.69) is 0 Å². The molecule has 2 aromatic rings. The standard InChI is InChI=1S/C17H17FO3/c1-11-4-3-5-12(2)14(11)10-21-16-8-13(9-17(19)20)6-7-15(16)18/h3-8H,9-10H2,1-2H3,(H,19,20). The first-order valence-electron chi connectivity index (χ1n) is 6.65. The van der Waals surface area contributed by atoms with E-state index in [0.717, 1.165) is 16.7 Å². The van der Waals surface area contributed by atoms with Gasteiger partial charge in [-0.3, -0.25) is 4.79 Å². The molecule has 0 aliphatic rings. The molecule has 0 unspecified atom stereocenters. The Hall–Kier alpha value is -2.36. The van der Waals surface area contributed by atoms with E-state index in [-0.39, 0.29) is 18.8 Å². The van der Waals surface area contributed by atoms with E-state index in [4.69, 9.17) is 9.84 Å². The Balaban J connectivity index is 2.18. The number of carboxylic acids is 1. The third-order valence-corrected chi connectivity index (χ3v) is 3.37. The average molecular weight is 288 g/mol. The molecular formula is C17H17FO3. The minimum Gasteiger partial charge on any atom is -0.486 e. The molecule has 0 spiro atoms. The zero-order chi connectivity index (χ0) is 15.4. The Labute approximate surface area is 123 Å². The summed E-state index contributed by atoms with van der Waals surface area (Å²) in [5.41, 5.74) is 3.69. The normalized spacial score (nSPS) is 10.4. The van der Waals surface area contributed by atoms with Gasteiger partial charge in [0, 0.05) is 0 Å². The predicted octanol–water partition coefficient (Wildman–Crippen LogP) is 3.65. The second-order valence-corrected chi connectivity index (χ2v) is 4.99. The Bertz CT molecular complexity index is 645. The Morgan fingerprint density at radius 1 is 1.19 bits per heavy atom. The van der Waals surface area contributed by atoms with Gasteiger partial charge in [0.2, 0.25) is 0 Å². The molecule has 110 valence electrons. The van der Waals surface area contributed by atoms with Crippen molar-refractivity contribution >= 4 is 5.97 Å². The molecule has 0 amide bonds. The fraction of sp³-hybridized carbons (Fsp3) is 0.235. The largest absolute Gasteiger partial charge is 0.486 e. The van der Waals surface area contributed by atoms with Gasteiger partial charge in [-0.2, -0.15) is 0 Å². The van der Waals surface area contributed by atoms with Crippen LogP contribution < -0.4 is 4.74 Å². The van der Waals surface area contributed by atoms with Crippen molar-refractivity contribution < 1.29 is 19.0 Å². The zero-order valence-corrected chi connectivity index (χ0v) is 12.0. The van der Waals surface area contributed by atoms with E-state index >= 15 is 0 Å². The van der Waals surface area contributed by atoms with Crippen LogP contribution in [0.3, 0.4) is 0 Å². The molecule has 0 aromatic heterocycles. The van der Waals surface area contributed by atoms with Crippen LogP contribution in [0.1, 0.15) is 22.3 Å². The molecule has 2 rings (SSSR count). The molecule has 0 fully saturated rings. The van der Waals surface area contributed by atoms with Crippen molar-refractivity contribution in [3.05, 3.63) is 64.5 Å². The summed E-state index contributed by atoms with van der Waals surface area (Å²) >= 11 is 0. The highest BCUT2D eigenvalue weighted by molar-refractivity contribution is 5.70. The molecule has 0 bridgehead atoms. The summed E-state index contributed by atoms with van der Waals surface area (Å²) < 4.78 is 19.3. The zero-order valence-electron chi connectivity index (χ0n) is 12.0. The number of carboxylic acid groups (broad SMARTS) is 1. The van der Waals surface area contributed by atoms with E-state index in [0.29, 0.717) is 5.56 Å². The van der Waals surface area contributed by atoms with Crippen LogP contribution in [0.25, 0.3) is 0 Å². The number of rotatable bonds is 5. The van der Waals surface area contributed by atoms with Crippen molar-refractivity contribution in [1.82, 2.24) is 0 Å².